The van der Waals surface area contributed by atoms with Gasteiger partial charge in [-0.2, -0.15) is 18.8 Å². The third-order valence-corrected chi connectivity index (χ3v) is 7.69. The van der Waals surface area contributed by atoms with Gasteiger partial charge in [0.1, 0.15) is 5.82 Å². The van der Waals surface area contributed by atoms with Crippen molar-refractivity contribution >= 4 is 34.3 Å². The van der Waals surface area contributed by atoms with Crippen LogP contribution in [-0.4, -0.2) is 12.0 Å². The molecule has 43 heavy (non-hydrogen) atoms. The number of aromatic nitrogens is 1. The van der Waals surface area contributed by atoms with Crippen LogP contribution in [0.1, 0.15) is 0 Å². The number of fused-ring (bicyclic) bond motifs is 6. The number of para-hydroxylation sites is 3. The molecule has 0 atom stereocenters. The zero-order valence-corrected chi connectivity index (χ0v) is 25.5. The first-order chi connectivity index (χ1) is 20.7. The molecule has 3 heterocycles. The molecule has 5 nitrogen and oxygen atoms in total. The Kier molecular flexibility index (Phi) is 6.96. The van der Waals surface area contributed by atoms with E-state index in [1.54, 1.807) is 0 Å². The smallest absolute Gasteiger partial charge is 0.135 e. The van der Waals surface area contributed by atoms with Crippen LogP contribution in [-0.2, 0) is 21.1 Å². The maximum absolute atomic E-state index is 6.45. The van der Waals surface area contributed by atoms with Crippen LogP contribution in [0.5, 0.6) is 11.5 Å². The molecule has 2 aliphatic heterocycles. The summed E-state index contributed by atoms with van der Waals surface area (Å²) < 4.78 is 6.45. The molecule has 212 valence electrons. The van der Waals surface area contributed by atoms with Crippen molar-refractivity contribution in [3.63, 3.8) is 0 Å². The van der Waals surface area contributed by atoms with E-state index in [9.17, 15) is 0 Å². The van der Waals surface area contributed by atoms with Gasteiger partial charge in [0.2, 0.25) is 0 Å². The van der Waals surface area contributed by atoms with Crippen LogP contribution in [0.3, 0.4) is 0 Å². The molecule has 5 aromatic carbocycles. The van der Waals surface area contributed by atoms with E-state index in [0.717, 1.165) is 50.9 Å². The average Bonchev–Trinajstić information content (AvgIpc) is 3.32. The predicted molar refractivity (Wildman–Crippen MR) is 169 cm³/mol. The number of hydrogen-bond acceptors (Lipinski definition) is 5. The second-order valence-corrected chi connectivity index (χ2v) is 10.3. The Hall–Kier alpha value is -4.86. The van der Waals surface area contributed by atoms with Gasteiger partial charge in [0.15, 0.2) is 0 Å². The van der Waals surface area contributed by atoms with Crippen molar-refractivity contribution < 1.29 is 25.8 Å². The van der Waals surface area contributed by atoms with Crippen LogP contribution < -0.4 is 19.4 Å². The molecule has 0 spiro atoms. The van der Waals surface area contributed by atoms with Gasteiger partial charge in [0.25, 0.3) is 0 Å². The monoisotopic (exact) mass is 736 g/mol. The Bertz CT molecular complexity index is 1940. The molecule has 0 bridgehead atoms. The summed E-state index contributed by atoms with van der Waals surface area (Å²) in [5.74, 6) is 2.03. The first-order valence-electron chi connectivity index (χ1n) is 13.9. The minimum Gasteiger partial charge on any atom is -0.509 e. The van der Waals surface area contributed by atoms with Crippen LogP contribution in [0, 0.1) is 18.8 Å². The fourth-order valence-electron chi connectivity index (χ4n) is 5.82. The summed E-state index contributed by atoms with van der Waals surface area (Å²) in [7, 11) is 2.05. The minimum atomic E-state index is 0. The van der Waals surface area contributed by atoms with Crippen LogP contribution in [0.4, 0.5) is 34.3 Å². The van der Waals surface area contributed by atoms with E-state index in [1.165, 1.54) is 5.56 Å². The number of hydrogen-bond donors (Lipinski definition) is 0. The van der Waals surface area contributed by atoms with Crippen LogP contribution >= 0.6 is 0 Å². The standard InChI is InChI=1S/C37H25N4O.Pt/c1-39-25-40(35-18-7-6-17-34(35)39)26-11-10-12-27(23-26)42-28-20-21-32-30-14-3-2-13-29(30)31-15-4-5-16-33(31)41(36(32)24-28)37-19-8-9-22-38-37;/h2-22,25H,1H3;/q-3;. The summed E-state index contributed by atoms with van der Waals surface area (Å²) in [5, 5.41) is 0. The molecule has 1 aromatic heterocycles. The number of nitrogens with zero attached hydrogens (tertiary/aromatic N) is 4. The van der Waals surface area contributed by atoms with Gasteiger partial charge in [0.05, 0.1) is 5.69 Å². The van der Waals surface area contributed by atoms with E-state index in [1.807, 2.05) is 61.8 Å². The first kappa shape index (κ1) is 27.0. The van der Waals surface area contributed by atoms with Gasteiger partial charge in [-0.25, -0.2) is 4.98 Å². The number of pyridine rings is 1. The topological polar surface area (TPSA) is 31.8 Å². The second kappa shape index (κ2) is 11.1. The number of anilines is 6. The van der Waals surface area contributed by atoms with Gasteiger partial charge in [-0.05, 0) is 42.9 Å². The quantitative estimate of drug-likeness (QED) is 0.168. The summed E-state index contributed by atoms with van der Waals surface area (Å²) in [4.78, 5) is 11.1. The first-order valence-corrected chi connectivity index (χ1v) is 13.9. The van der Waals surface area contributed by atoms with Crippen LogP contribution in [0.15, 0.2) is 128 Å². The molecule has 0 saturated carbocycles. The molecule has 0 N–H and O–H groups in total. The molecule has 0 saturated heterocycles. The SMILES string of the molecule is CN1[CH-]N(c2[c-]c(Oc3[c-]c4c(cc3)-c3ccccc3-c3ccccc3N4c3ccccn3)ccc2)c2ccccc21.[Pt]. The van der Waals surface area contributed by atoms with Crippen molar-refractivity contribution in [3.05, 3.63) is 146 Å². The minimum absolute atomic E-state index is 0. The van der Waals surface area contributed by atoms with E-state index in [2.05, 4.69) is 106 Å². The van der Waals surface area contributed by atoms with Crippen molar-refractivity contribution in [2.24, 2.45) is 0 Å². The molecule has 0 radical (unpaired) electrons. The Labute approximate surface area is 265 Å². The van der Waals surface area contributed by atoms with Gasteiger partial charge in [-0.1, -0.05) is 71.9 Å². The largest absolute Gasteiger partial charge is 0.509 e. The Morgan fingerprint density at radius 1 is 0.605 bits per heavy atom. The van der Waals surface area contributed by atoms with Crippen LogP contribution in [0.2, 0.25) is 0 Å². The fraction of sp³-hybridized carbons (Fsp3) is 0.0270. The summed E-state index contributed by atoms with van der Waals surface area (Å²) in [6, 6.07) is 48.4. The summed E-state index contributed by atoms with van der Waals surface area (Å²) in [6.07, 6.45) is 1.82. The number of benzene rings is 5. The maximum Gasteiger partial charge on any atom is 0.135 e. The van der Waals surface area contributed by atoms with Crippen molar-refractivity contribution in [1.82, 2.24) is 4.98 Å². The maximum atomic E-state index is 6.45. The molecular formula is C37H25N4OPt-3. The second-order valence-electron chi connectivity index (χ2n) is 10.3. The van der Waals surface area contributed by atoms with Gasteiger partial charge in [0, 0.05) is 55.7 Å². The molecular weight excluding hydrogens is 712 g/mol. The zero-order valence-electron chi connectivity index (χ0n) is 23.2. The molecule has 6 heteroatoms. The van der Waals surface area contributed by atoms with Gasteiger partial charge in [-0.15, -0.1) is 41.6 Å². The van der Waals surface area contributed by atoms with E-state index in [4.69, 9.17) is 9.72 Å². The van der Waals surface area contributed by atoms with Crippen molar-refractivity contribution in [2.75, 3.05) is 21.7 Å². The third kappa shape index (κ3) is 4.67. The normalized spacial score (nSPS) is 12.8. The molecule has 0 aliphatic carbocycles. The van der Waals surface area contributed by atoms with E-state index < -0.39 is 0 Å². The number of ether oxygens (including phenoxy) is 1. The van der Waals surface area contributed by atoms with Crippen molar-refractivity contribution in [2.45, 2.75) is 0 Å². The number of rotatable bonds is 4. The predicted octanol–water partition coefficient (Wildman–Crippen LogP) is 9.30. The van der Waals surface area contributed by atoms with Gasteiger partial charge < -0.3 is 19.4 Å². The molecule has 6 aromatic rings. The van der Waals surface area contributed by atoms with Gasteiger partial charge >= 0.3 is 0 Å². The van der Waals surface area contributed by atoms with E-state index >= 15 is 0 Å². The average molecular weight is 737 g/mol. The summed E-state index contributed by atoms with van der Waals surface area (Å²) >= 11 is 0. The molecule has 2 aliphatic rings. The zero-order chi connectivity index (χ0) is 28.0. The molecule has 0 amide bonds. The van der Waals surface area contributed by atoms with Crippen molar-refractivity contribution in [3.8, 4) is 33.8 Å². The Morgan fingerprint density at radius 2 is 1.28 bits per heavy atom. The van der Waals surface area contributed by atoms with Crippen molar-refractivity contribution in [1.29, 1.82) is 0 Å². The van der Waals surface area contributed by atoms with Crippen LogP contribution in [0.25, 0.3) is 22.3 Å². The summed E-state index contributed by atoms with van der Waals surface area (Å²) in [6.45, 7) is 2.06. The molecule has 8 rings (SSSR count). The van der Waals surface area contributed by atoms with E-state index in [-0.39, 0.29) is 21.1 Å². The molecule has 0 unspecified atom stereocenters. The Balaban J connectivity index is 0.00000300. The fourth-order valence-corrected chi connectivity index (χ4v) is 5.82. The Morgan fingerprint density at radius 3 is 2.07 bits per heavy atom. The third-order valence-electron chi connectivity index (χ3n) is 7.69. The van der Waals surface area contributed by atoms with Gasteiger partial charge in [-0.3, -0.25) is 0 Å². The summed E-state index contributed by atoms with van der Waals surface area (Å²) in [5.41, 5.74) is 9.57. The molecule has 0 fully saturated rings. The van der Waals surface area contributed by atoms with E-state index in [0.29, 0.717) is 11.5 Å².